The van der Waals surface area contributed by atoms with E-state index in [0.29, 0.717) is 33.0 Å². The third kappa shape index (κ3) is 12.9. The van der Waals surface area contributed by atoms with Gasteiger partial charge in [-0.3, -0.25) is 0 Å². The van der Waals surface area contributed by atoms with Crippen LogP contribution >= 0.6 is 15.8 Å². The Morgan fingerprint density at radius 3 is 0.809 bits per heavy atom. The topological polar surface area (TPSA) is 229 Å². The fourth-order valence-corrected chi connectivity index (χ4v) is 17.8. The SMILES string of the molecule is O=S(=O)([O-])c1ccccc1P(Cc1ccc2ccccc2c1-c1c(CP(c2ccccc2S(=O)(=O)[O-])c2ccccc2S(=O)(=O)[O-])ccc2ccccc12)c1ccccc1S(=O)(=O)[O-].[Na+].[Na+].[Na+].[Na+]. The minimum absolute atomic E-state index is 0. The molecule has 0 aliphatic heterocycles. The van der Waals surface area contributed by atoms with Crippen LogP contribution in [0.15, 0.2) is 189 Å². The van der Waals surface area contributed by atoms with Crippen LogP contribution in [-0.2, 0) is 52.8 Å². The maximum absolute atomic E-state index is 12.8. The Hall–Kier alpha value is -1.22. The van der Waals surface area contributed by atoms with Crippen LogP contribution in [0.25, 0.3) is 32.7 Å². The van der Waals surface area contributed by atoms with Gasteiger partial charge in [0.25, 0.3) is 0 Å². The van der Waals surface area contributed by atoms with Crippen molar-refractivity contribution in [2.24, 2.45) is 0 Å². The molecule has 0 heterocycles. The summed E-state index contributed by atoms with van der Waals surface area (Å²) < 4.78 is 154. The summed E-state index contributed by atoms with van der Waals surface area (Å²) >= 11 is 0. The molecule has 0 aromatic heterocycles. The largest absolute Gasteiger partial charge is 1.00 e. The molecule has 0 N–H and O–H groups in total. The number of rotatable bonds is 13. The summed E-state index contributed by atoms with van der Waals surface area (Å²) in [4.78, 5) is -2.34. The summed E-state index contributed by atoms with van der Waals surface area (Å²) in [5, 5.41) is 2.90. The molecule has 0 fully saturated rings. The minimum atomic E-state index is -5.14. The van der Waals surface area contributed by atoms with Crippen LogP contribution in [-0.4, -0.2) is 51.9 Å². The first-order chi connectivity index (χ1) is 30.3. The van der Waals surface area contributed by atoms with Gasteiger partial charge < -0.3 is 18.2 Å². The predicted molar refractivity (Wildman–Crippen MR) is 244 cm³/mol. The fourth-order valence-electron chi connectivity index (χ4n) is 7.99. The van der Waals surface area contributed by atoms with Crippen LogP contribution in [0.5, 0.6) is 0 Å². The first kappa shape index (κ1) is 59.3. The number of hydrogen-bond donors (Lipinski definition) is 0. The van der Waals surface area contributed by atoms with Crippen molar-refractivity contribution in [1.29, 1.82) is 0 Å². The average molecular weight is 1060 g/mol. The zero-order valence-electron chi connectivity index (χ0n) is 37.0. The molecule has 22 heteroatoms. The first-order valence-corrected chi connectivity index (χ1v) is 27.8. The summed E-state index contributed by atoms with van der Waals surface area (Å²) in [5.74, 6) is 0. The first-order valence-electron chi connectivity index (χ1n) is 19.1. The molecular formula is C46H32Na4O12P2S4. The van der Waals surface area contributed by atoms with E-state index in [1.54, 1.807) is 24.3 Å². The molecule has 8 aromatic rings. The van der Waals surface area contributed by atoms with Crippen molar-refractivity contribution in [2.75, 3.05) is 0 Å². The van der Waals surface area contributed by atoms with Crippen molar-refractivity contribution in [2.45, 2.75) is 31.9 Å². The molecule has 0 saturated heterocycles. The Labute approximate surface area is 486 Å². The summed E-state index contributed by atoms with van der Waals surface area (Å²) in [7, 11) is -25.0. The fraction of sp³-hybridized carbons (Fsp3) is 0.0435. The molecule has 0 spiro atoms. The second-order valence-electron chi connectivity index (χ2n) is 14.5. The van der Waals surface area contributed by atoms with E-state index >= 15 is 0 Å². The van der Waals surface area contributed by atoms with Crippen molar-refractivity contribution in [1.82, 2.24) is 0 Å². The molecule has 0 bridgehead atoms. The van der Waals surface area contributed by atoms with Gasteiger partial charge in [0.2, 0.25) is 0 Å². The van der Waals surface area contributed by atoms with Crippen molar-refractivity contribution in [3.63, 3.8) is 0 Å². The van der Waals surface area contributed by atoms with Gasteiger partial charge in [-0.05, 0) is 105 Å². The Morgan fingerprint density at radius 2 is 0.544 bits per heavy atom. The molecule has 12 nitrogen and oxygen atoms in total. The molecule has 8 rings (SSSR count). The van der Waals surface area contributed by atoms with Gasteiger partial charge >= 0.3 is 118 Å². The van der Waals surface area contributed by atoms with Crippen LogP contribution < -0.4 is 139 Å². The number of benzene rings is 8. The summed E-state index contributed by atoms with van der Waals surface area (Å²) in [6, 6.07) is 43.7. The molecule has 68 heavy (non-hydrogen) atoms. The molecule has 8 aromatic carbocycles. The van der Waals surface area contributed by atoms with Gasteiger partial charge in [-0.1, -0.05) is 146 Å². The molecule has 0 aliphatic carbocycles. The Kier molecular flexibility index (Phi) is 21.1. The monoisotopic (exact) mass is 1060 g/mol. The van der Waals surface area contributed by atoms with Gasteiger partial charge in [0.1, 0.15) is 40.5 Å². The van der Waals surface area contributed by atoms with E-state index in [1.807, 2.05) is 48.5 Å². The van der Waals surface area contributed by atoms with Gasteiger partial charge in [-0.25, -0.2) is 33.7 Å². The standard InChI is InChI=1S/C46H36O12P2S4.4Na/c47-61(48,49)41-21-9-5-17-37(41)59(38-18-6-10-22-42(38)62(50,51)52)29-33-27-25-31-13-1-3-15-35(31)45(33)46-34(28-26-32-14-2-4-16-36(32)46)30-60(39-19-7-11-23-43(39)63(53,54)55)40-20-8-12-24-44(40)64(56,57)58;;;;/h1-28H,29-30H2,(H,47,48,49)(H,50,51,52)(H,53,54,55)(H,56,57,58);;;;/q;4*+1/p-4. The van der Waals surface area contributed by atoms with E-state index in [2.05, 4.69) is 0 Å². The summed E-state index contributed by atoms with van der Waals surface area (Å²) in [5.41, 5.74) is 2.22. The molecule has 0 radical (unpaired) electrons. The van der Waals surface area contributed by atoms with E-state index < -0.39 is 75.9 Å². The summed E-state index contributed by atoms with van der Waals surface area (Å²) in [6.07, 6.45) is -0.221. The van der Waals surface area contributed by atoms with E-state index in [-0.39, 0.29) is 152 Å². The Bertz CT molecular complexity index is 3230. The Morgan fingerprint density at radius 1 is 0.309 bits per heavy atom. The van der Waals surface area contributed by atoms with Gasteiger partial charge in [-0.2, -0.15) is 0 Å². The molecule has 0 saturated carbocycles. The van der Waals surface area contributed by atoms with Crippen LogP contribution in [0, 0.1) is 0 Å². The molecule has 0 atom stereocenters. The zero-order chi connectivity index (χ0) is 45.6. The summed E-state index contributed by atoms with van der Waals surface area (Å²) in [6.45, 7) is 0. The van der Waals surface area contributed by atoms with Crippen molar-refractivity contribution in [3.05, 3.63) is 181 Å². The van der Waals surface area contributed by atoms with Crippen LogP contribution in [0.4, 0.5) is 0 Å². The quantitative estimate of drug-likeness (QED) is 0.0599. The van der Waals surface area contributed by atoms with Gasteiger partial charge in [0, 0.05) is 12.3 Å². The van der Waals surface area contributed by atoms with Crippen LogP contribution in [0.3, 0.4) is 0 Å². The maximum atomic E-state index is 12.8. The number of hydrogen-bond acceptors (Lipinski definition) is 12. The van der Waals surface area contributed by atoms with Crippen molar-refractivity contribution >= 4 is 99.1 Å². The predicted octanol–water partition coefficient (Wildman–Crippen LogP) is -5.44. The number of fused-ring (bicyclic) bond motifs is 2. The third-order valence-corrected chi connectivity index (χ3v) is 20.0. The normalized spacial score (nSPS) is 11.9. The van der Waals surface area contributed by atoms with E-state index in [9.17, 15) is 51.9 Å². The van der Waals surface area contributed by atoms with Crippen molar-refractivity contribution < 1.29 is 170 Å². The van der Waals surface area contributed by atoms with E-state index in [4.69, 9.17) is 0 Å². The van der Waals surface area contributed by atoms with Gasteiger partial charge in [0.05, 0.1) is 19.6 Å². The average Bonchev–Trinajstić information content (AvgIpc) is 3.26. The zero-order valence-corrected chi connectivity index (χ0v) is 50.1. The molecular weight excluding hydrogens is 1030 g/mol. The van der Waals surface area contributed by atoms with Gasteiger partial charge in [0.15, 0.2) is 0 Å². The van der Waals surface area contributed by atoms with Crippen molar-refractivity contribution in [3.8, 4) is 11.1 Å². The van der Waals surface area contributed by atoms with E-state index in [1.165, 1.54) is 72.8 Å². The van der Waals surface area contributed by atoms with Gasteiger partial charge in [-0.15, -0.1) is 0 Å². The molecule has 0 amide bonds. The Balaban J connectivity index is 0.00000252. The molecule has 0 unspecified atom stereocenters. The van der Waals surface area contributed by atoms with Crippen LogP contribution in [0.1, 0.15) is 11.1 Å². The third-order valence-electron chi connectivity index (χ3n) is 10.6. The molecule has 326 valence electrons. The minimum Gasteiger partial charge on any atom is -0.744 e. The van der Waals surface area contributed by atoms with E-state index in [0.717, 1.165) is 35.0 Å². The second-order valence-corrected chi connectivity index (χ2v) is 24.2. The van der Waals surface area contributed by atoms with Crippen LogP contribution in [0.2, 0.25) is 0 Å². The maximum Gasteiger partial charge on any atom is 1.00 e. The molecule has 0 aliphatic rings. The smallest absolute Gasteiger partial charge is 0.744 e. The second kappa shape index (κ2) is 24.2.